The third-order valence-corrected chi connectivity index (χ3v) is 4.63. The zero-order valence-electron chi connectivity index (χ0n) is 13.3. The van der Waals surface area contributed by atoms with Crippen molar-refractivity contribution < 1.29 is 9.53 Å². The van der Waals surface area contributed by atoms with E-state index in [-0.39, 0.29) is 12.0 Å². The molecule has 0 unspecified atom stereocenters. The highest BCUT2D eigenvalue weighted by Gasteiger charge is 2.38. The summed E-state index contributed by atoms with van der Waals surface area (Å²) in [5.41, 5.74) is 0.700. The van der Waals surface area contributed by atoms with Crippen LogP contribution < -0.4 is 4.74 Å². The van der Waals surface area contributed by atoms with Crippen molar-refractivity contribution in [3.63, 3.8) is 0 Å². The molecule has 0 radical (unpaired) electrons. The lowest BCUT2D eigenvalue weighted by molar-refractivity contribution is 0.0569. The molecule has 4 heterocycles. The first-order valence-corrected chi connectivity index (χ1v) is 8.14. The van der Waals surface area contributed by atoms with E-state index in [9.17, 15) is 4.79 Å². The number of ether oxygens (including phenoxy) is 1. The molecule has 2 atom stereocenters. The molecule has 2 aliphatic rings. The van der Waals surface area contributed by atoms with E-state index < -0.39 is 0 Å². The highest BCUT2D eigenvalue weighted by molar-refractivity contribution is 5.94. The monoisotopic (exact) mass is 325 g/mol. The van der Waals surface area contributed by atoms with Crippen molar-refractivity contribution in [2.24, 2.45) is 0 Å². The molecule has 2 aromatic rings. The van der Waals surface area contributed by atoms with Crippen molar-refractivity contribution in [1.82, 2.24) is 24.8 Å². The molecular weight excluding hydrogens is 306 g/mol. The van der Waals surface area contributed by atoms with Crippen LogP contribution in [0.15, 0.2) is 43.2 Å². The first-order chi connectivity index (χ1) is 11.8. The first-order valence-electron chi connectivity index (χ1n) is 8.14. The van der Waals surface area contributed by atoms with Crippen LogP contribution >= 0.6 is 0 Å². The summed E-state index contributed by atoms with van der Waals surface area (Å²) >= 11 is 0. The van der Waals surface area contributed by atoms with E-state index in [2.05, 4.69) is 19.9 Å². The SMILES string of the molecule is O=C(c1ccncc1)N1CCN2C[C@H](Oc3cncnc3)C[C@H]2C1. The number of pyridine rings is 1. The number of hydrogen-bond donors (Lipinski definition) is 0. The van der Waals surface area contributed by atoms with Crippen molar-refractivity contribution in [2.45, 2.75) is 18.6 Å². The molecule has 2 aromatic heterocycles. The Morgan fingerprint density at radius 1 is 1.08 bits per heavy atom. The minimum Gasteiger partial charge on any atom is -0.486 e. The highest BCUT2D eigenvalue weighted by atomic mass is 16.5. The lowest BCUT2D eigenvalue weighted by Gasteiger charge is -2.37. The van der Waals surface area contributed by atoms with Gasteiger partial charge in [-0.3, -0.25) is 14.7 Å². The number of amides is 1. The lowest BCUT2D eigenvalue weighted by atomic mass is 10.1. The third-order valence-electron chi connectivity index (χ3n) is 4.63. The fourth-order valence-corrected chi connectivity index (χ4v) is 3.48. The van der Waals surface area contributed by atoms with Gasteiger partial charge >= 0.3 is 0 Å². The number of carbonyl (C=O) groups is 1. The number of aromatic nitrogens is 3. The Hall–Kier alpha value is -2.54. The van der Waals surface area contributed by atoms with Gasteiger partial charge < -0.3 is 9.64 Å². The van der Waals surface area contributed by atoms with Crippen LogP contribution in [0.2, 0.25) is 0 Å². The van der Waals surface area contributed by atoms with E-state index >= 15 is 0 Å². The van der Waals surface area contributed by atoms with E-state index in [1.54, 1.807) is 36.9 Å². The van der Waals surface area contributed by atoms with Gasteiger partial charge in [-0.1, -0.05) is 0 Å². The number of carbonyl (C=O) groups excluding carboxylic acids is 1. The molecule has 0 aromatic carbocycles. The Bertz CT molecular complexity index is 697. The summed E-state index contributed by atoms with van der Waals surface area (Å²) < 4.78 is 5.97. The molecule has 0 saturated carbocycles. The second kappa shape index (κ2) is 6.52. The third kappa shape index (κ3) is 3.07. The van der Waals surface area contributed by atoms with Gasteiger partial charge in [-0.05, 0) is 12.1 Å². The molecular formula is C17H19N5O2. The number of hydrogen-bond acceptors (Lipinski definition) is 6. The van der Waals surface area contributed by atoms with Crippen molar-refractivity contribution in [3.8, 4) is 5.75 Å². The van der Waals surface area contributed by atoms with Gasteiger partial charge in [0.05, 0.1) is 12.4 Å². The second-order valence-corrected chi connectivity index (χ2v) is 6.19. The second-order valence-electron chi connectivity index (χ2n) is 6.19. The maximum atomic E-state index is 12.6. The number of fused-ring (bicyclic) bond motifs is 1. The van der Waals surface area contributed by atoms with Crippen LogP contribution in [0.25, 0.3) is 0 Å². The van der Waals surface area contributed by atoms with Gasteiger partial charge in [0, 0.05) is 56.6 Å². The quantitative estimate of drug-likeness (QED) is 0.833. The Kier molecular flexibility index (Phi) is 4.08. The summed E-state index contributed by atoms with van der Waals surface area (Å²) in [4.78, 5) is 28.9. The van der Waals surface area contributed by atoms with Crippen molar-refractivity contribution in [2.75, 3.05) is 26.2 Å². The summed E-state index contributed by atoms with van der Waals surface area (Å²) in [6, 6.07) is 3.88. The Labute approximate surface area is 140 Å². The summed E-state index contributed by atoms with van der Waals surface area (Å²) in [5, 5.41) is 0. The molecule has 2 aliphatic heterocycles. The molecule has 7 nitrogen and oxygen atoms in total. The molecule has 0 N–H and O–H groups in total. The van der Waals surface area contributed by atoms with Crippen LogP contribution in [0, 0.1) is 0 Å². The molecule has 1 amide bonds. The maximum Gasteiger partial charge on any atom is 0.254 e. The van der Waals surface area contributed by atoms with E-state index in [1.165, 1.54) is 6.33 Å². The molecule has 0 aliphatic carbocycles. The summed E-state index contributed by atoms with van der Waals surface area (Å²) in [6.07, 6.45) is 9.21. The molecule has 4 rings (SSSR count). The van der Waals surface area contributed by atoms with E-state index in [0.29, 0.717) is 17.4 Å². The topological polar surface area (TPSA) is 71.5 Å². The normalized spacial score (nSPS) is 23.8. The van der Waals surface area contributed by atoms with Gasteiger partial charge in [-0.2, -0.15) is 0 Å². The zero-order chi connectivity index (χ0) is 16.4. The zero-order valence-corrected chi connectivity index (χ0v) is 13.3. The highest BCUT2D eigenvalue weighted by Crippen LogP contribution is 2.26. The van der Waals surface area contributed by atoms with Gasteiger partial charge in [0.2, 0.25) is 0 Å². The van der Waals surface area contributed by atoms with Crippen LogP contribution in [0.5, 0.6) is 5.75 Å². The molecule has 0 spiro atoms. The summed E-state index contributed by atoms with van der Waals surface area (Å²) in [6.45, 7) is 3.26. The van der Waals surface area contributed by atoms with Crippen LogP contribution in [-0.4, -0.2) is 69.0 Å². The predicted molar refractivity (Wildman–Crippen MR) is 86.6 cm³/mol. The van der Waals surface area contributed by atoms with Gasteiger partial charge in [-0.15, -0.1) is 0 Å². The van der Waals surface area contributed by atoms with Crippen LogP contribution in [0.3, 0.4) is 0 Å². The fraction of sp³-hybridized carbons (Fsp3) is 0.412. The van der Waals surface area contributed by atoms with Crippen molar-refractivity contribution >= 4 is 5.91 Å². The lowest BCUT2D eigenvalue weighted by Crippen LogP contribution is -2.52. The molecule has 124 valence electrons. The van der Waals surface area contributed by atoms with Crippen LogP contribution in [0.1, 0.15) is 16.8 Å². The van der Waals surface area contributed by atoms with Crippen LogP contribution in [0.4, 0.5) is 0 Å². The fourth-order valence-electron chi connectivity index (χ4n) is 3.48. The van der Waals surface area contributed by atoms with Crippen molar-refractivity contribution in [1.29, 1.82) is 0 Å². The molecule has 2 saturated heterocycles. The Morgan fingerprint density at radius 3 is 2.67 bits per heavy atom. The Balaban J connectivity index is 1.38. The minimum atomic E-state index is 0.0814. The van der Waals surface area contributed by atoms with E-state index in [0.717, 1.165) is 32.6 Å². The van der Waals surface area contributed by atoms with Gasteiger partial charge in [-0.25, -0.2) is 9.97 Å². The summed E-state index contributed by atoms with van der Waals surface area (Å²) in [5.74, 6) is 0.782. The maximum absolute atomic E-state index is 12.6. The molecule has 0 bridgehead atoms. The standard InChI is InChI=1S/C17H19N5O2/c23-17(13-1-3-18-4-2-13)22-6-5-21-11-15(7-14(21)10-22)24-16-8-19-12-20-9-16/h1-4,8-9,12,14-15H,5-7,10-11H2/t14-,15+/m0/s1. The largest absolute Gasteiger partial charge is 0.486 e. The van der Waals surface area contributed by atoms with Crippen LogP contribution in [-0.2, 0) is 0 Å². The molecule has 24 heavy (non-hydrogen) atoms. The number of nitrogens with zero attached hydrogens (tertiary/aromatic N) is 5. The average Bonchev–Trinajstić information content (AvgIpc) is 3.04. The smallest absolute Gasteiger partial charge is 0.254 e. The first kappa shape index (κ1) is 15.0. The average molecular weight is 325 g/mol. The van der Waals surface area contributed by atoms with E-state index in [1.807, 2.05) is 4.90 Å². The number of rotatable bonds is 3. The number of piperazine rings is 1. The molecule has 2 fully saturated rings. The minimum absolute atomic E-state index is 0.0814. The van der Waals surface area contributed by atoms with E-state index in [4.69, 9.17) is 4.74 Å². The van der Waals surface area contributed by atoms with Crippen molar-refractivity contribution in [3.05, 3.63) is 48.8 Å². The predicted octanol–water partition coefficient (Wildman–Crippen LogP) is 0.849. The van der Waals surface area contributed by atoms with Gasteiger partial charge in [0.1, 0.15) is 12.4 Å². The van der Waals surface area contributed by atoms with Gasteiger partial charge in [0.15, 0.2) is 5.75 Å². The molecule has 7 heteroatoms. The summed E-state index contributed by atoms with van der Waals surface area (Å²) in [7, 11) is 0. The van der Waals surface area contributed by atoms with Gasteiger partial charge in [0.25, 0.3) is 5.91 Å². The Morgan fingerprint density at radius 2 is 1.88 bits per heavy atom.